The lowest BCUT2D eigenvalue weighted by atomic mass is 10.2. The largest absolute Gasteiger partial charge is 0.493 e. The SMILES string of the molecule is CCOCCOCCOCCOC(=O)c1cccc(OC)c1OC. The highest BCUT2D eigenvalue weighted by Gasteiger charge is 2.17. The summed E-state index contributed by atoms with van der Waals surface area (Å²) in [6.07, 6.45) is 0. The third-order valence-electron chi connectivity index (χ3n) is 3.03. The molecule has 136 valence electrons. The van der Waals surface area contributed by atoms with Crippen LogP contribution in [0.2, 0.25) is 0 Å². The topological polar surface area (TPSA) is 72.5 Å². The molecule has 0 aliphatic heterocycles. The van der Waals surface area contributed by atoms with Crippen molar-refractivity contribution < 1.29 is 33.2 Å². The van der Waals surface area contributed by atoms with Gasteiger partial charge in [-0.3, -0.25) is 0 Å². The zero-order valence-electron chi connectivity index (χ0n) is 14.5. The van der Waals surface area contributed by atoms with Crippen molar-refractivity contribution in [1.29, 1.82) is 0 Å². The summed E-state index contributed by atoms with van der Waals surface area (Å²) in [7, 11) is 2.99. The molecule has 7 heteroatoms. The first-order valence-corrected chi connectivity index (χ1v) is 7.85. The Morgan fingerprint density at radius 3 is 2.08 bits per heavy atom. The Labute approximate surface area is 142 Å². The number of ether oxygens (including phenoxy) is 6. The Kier molecular flexibility index (Phi) is 10.6. The number of hydrogen-bond donors (Lipinski definition) is 0. The smallest absolute Gasteiger partial charge is 0.342 e. The maximum atomic E-state index is 12.1. The van der Waals surface area contributed by atoms with Crippen molar-refractivity contribution in [2.24, 2.45) is 0 Å². The molecule has 24 heavy (non-hydrogen) atoms. The molecule has 0 spiro atoms. The van der Waals surface area contributed by atoms with E-state index in [1.54, 1.807) is 18.2 Å². The van der Waals surface area contributed by atoms with Crippen molar-refractivity contribution in [2.75, 3.05) is 60.5 Å². The lowest BCUT2D eigenvalue weighted by Gasteiger charge is -2.12. The van der Waals surface area contributed by atoms with Crippen molar-refractivity contribution in [3.05, 3.63) is 23.8 Å². The van der Waals surface area contributed by atoms with E-state index in [9.17, 15) is 4.79 Å². The lowest BCUT2D eigenvalue weighted by Crippen LogP contribution is -2.14. The van der Waals surface area contributed by atoms with Crippen LogP contribution < -0.4 is 9.47 Å². The van der Waals surface area contributed by atoms with Crippen molar-refractivity contribution in [3.63, 3.8) is 0 Å². The highest BCUT2D eigenvalue weighted by molar-refractivity contribution is 5.93. The lowest BCUT2D eigenvalue weighted by molar-refractivity contribution is 0.00171. The van der Waals surface area contributed by atoms with Gasteiger partial charge in [-0.1, -0.05) is 6.07 Å². The summed E-state index contributed by atoms with van der Waals surface area (Å²) in [5, 5.41) is 0. The van der Waals surface area contributed by atoms with Gasteiger partial charge in [-0.25, -0.2) is 4.79 Å². The molecule has 0 unspecified atom stereocenters. The quantitative estimate of drug-likeness (QED) is 0.401. The van der Waals surface area contributed by atoms with Gasteiger partial charge in [-0.05, 0) is 19.1 Å². The van der Waals surface area contributed by atoms with Crippen LogP contribution in [0.15, 0.2) is 18.2 Å². The molecule has 0 atom stereocenters. The first-order valence-electron chi connectivity index (χ1n) is 7.85. The van der Waals surface area contributed by atoms with E-state index in [0.29, 0.717) is 56.7 Å². The Bertz CT molecular complexity index is 476. The summed E-state index contributed by atoms with van der Waals surface area (Å²) in [5.41, 5.74) is 0.316. The second kappa shape index (κ2) is 12.6. The molecule has 0 amide bonds. The minimum Gasteiger partial charge on any atom is -0.493 e. The second-order valence-corrected chi connectivity index (χ2v) is 4.60. The number of hydrogen-bond acceptors (Lipinski definition) is 7. The van der Waals surface area contributed by atoms with Crippen molar-refractivity contribution in [1.82, 2.24) is 0 Å². The van der Waals surface area contributed by atoms with Crippen molar-refractivity contribution in [3.8, 4) is 11.5 Å². The van der Waals surface area contributed by atoms with Crippen LogP contribution in [-0.2, 0) is 18.9 Å². The van der Waals surface area contributed by atoms with Crippen molar-refractivity contribution in [2.45, 2.75) is 6.92 Å². The third-order valence-corrected chi connectivity index (χ3v) is 3.03. The Morgan fingerprint density at radius 2 is 1.50 bits per heavy atom. The molecule has 7 nitrogen and oxygen atoms in total. The van der Waals surface area contributed by atoms with Gasteiger partial charge in [0.05, 0.1) is 47.3 Å². The maximum Gasteiger partial charge on any atom is 0.342 e. The maximum absolute atomic E-state index is 12.1. The number of carbonyl (C=O) groups is 1. The number of benzene rings is 1. The van der Waals surface area contributed by atoms with Gasteiger partial charge in [-0.15, -0.1) is 0 Å². The minimum absolute atomic E-state index is 0.151. The third kappa shape index (κ3) is 7.16. The van der Waals surface area contributed by atoms with Gasteiger partial charge >= 0.3 is 5.97 Å². The van der Waals surface area contributed by atoms with E-state index in [1.807, 2.05) is 6.92 Å². The highest BCUT2D eigenvalue weighted by atomic mass is 16.6. The fourth-order valence-electron chi connectivity index (χ4n) is 1.90. The van der Waals surface area contributed by atoms with E-state index in [-0.39, 0.29) is 6.61 Å². The number of rotatable bonds is 13. The molecule has 1 aromatic carbocycles. The summed E-state index contributed by atoms with van der Waals surface area (Å²) < 4.78 is 31.3. The predicted molar refractivity (Wildman–Crippen MR) is 88.0 cm³/mol. The molecular formula is C17H26O7. The summed E-state index contributed by atoms with van der Waals surface area (Å²) in [6.45, 7) is 5.11. The summed E-state index contributed by atoms with van der Waals surface area (Å²) in [4.78, 5) is 12.1. The van der Waals surface area contributed by atoms with E-state index in [1.165, 1.54) is 14.2 Å². The first-order chi connectivity index (χ1) is 11.7. The van der Waals surface area contributed by atoms with Gasteiger partial charge in [0.2, 0.25) is 0 Å². The molecule has 0 aromatic heterocycles. The Balaban J connectivity index is 2.21. The summed E-state index contributed by atoms with van der Waals surface area (Å²) in [6, 6.07) is 5.04. The predicted octanol–water partition coefficient (Wildman–Crippen LogP) is 1.93. The molecule has 0 aliphatic rings. The van der Waals surface area contributed by atoms with Crippen LogP contribution in [-0.4, -0.2) is 66.4 Å². The molecule has 0 saturated carbocycles. The Hall–Kier alpha value is -1.83. The van der Waals surface area contributed by atoms with Gasteiger partial charge in [0.15, 0.2) is 11.5 Å². The molecule has 0 aliphatic carbocycles. The number of para-hydroxylation sites is 1. The van der Waals surface area contributed by atoms with Crippen LogP contribution in [0.3, 0.4) is 0 Å². The van der Waals surface area contributed by atoms with E-state index in [0.717, 1.165) is 0 Å². The van der Waals surface area contributed by atoms with E-state index < -0.39 is 5.97 Å². The van der Waals surface area contributed by atoms with Gasteiger partial charge < -0.3 is 28.4 Å². The molecule has 0 heterocycles. The van der Waals surface area contributed by atoms with Gasteiger partial charge in [0.1, 0.15) is 12.2 Å². The molecule has 1 rings (SSSR count). The monoisotopic (exact) mass is 342 g/mol. The first kappa shape index (κ1) is 20.2. The Morgan fingerprint density at radius 1 is 0.875 bits per heavy atom. The zero-order valence-corrected chi connectivity index (χ0v) is 14.5. The molecule has 0 bridgehead atoms. The van der Waals surface area contributed by atoms with Crippen LogP contribution in [0.1, 0.15) is 17.3 Å². The molecule has 0 radical (unpaired) electrons. The van der Waals surface area contributed by atoms with E-state index in [4.69, 9.17) is 28.4 Å². The zero-order chi connectivity index (χ0) is 17.6. The van der Waals surface area contributed by atoms with Crippen LogP contribution in [0, 0.1) is 0 Å². The average Bonchev–Trinajstić information content (AvgIpc) is 2.62. The minimum atomic E-state index is -0.484. The van der Waals surface area contributed by atoms with E-state index in [2.05, 4.69) is 0 Å². The fourth-order valence-corrected chi connectivity index (χ4v) is 1.90. The summed E-state index contributed by atoms with van der Waals surface area (Å²) in [5.74, 6) is 0.350. The molecular weight excluding hydrogens is 316 g/mol. The van der Waals surface area contributed by atoms with E-state index >= 15 is 0 Å². The standard InChI is InChI=1S/C17H26O7/c1-4-21-8-9-22-10-11-23-12-13-24-17(18)14-6-5-7-15(19-2)16(14)20-3/h5-7H,4,8-13H2,1-3H3. The fraction of sp³-hybridized carbons (Fsp3) is 0.588. The number of carbonyl (C=O) groups excluding carboxylic acids is 1. The van der Waals surface area contributed by atoms with Gasteiger partial charge in [0.25, 0.3) is 0 Å². The molecule has 1 aromatic rings. The van der Waals surface area contributed by atoms with Gasteiger partial charge in [-0.2, -0.15) is 0 Å². The number of methoxy groups -OCH3 is 2. The molecule has 0 saturated heterocycles. The van der Waals surface area contributed by atoms with Crippen LogP contribution in [0.25, 0.3) is 0 Å². The molecule has 0 N–H and O–H groups in total. The average molecular weight is 342 g/mol. The van der Waals surface area contributed by atoms with Crippen molar-refractivity contribution >= 4 is 5.97 Å². The van der Waals surface area contributed by atoms with Crippen LogP contribution >= 0.6 is 0 Å². The van der Waals surface area contributed by atoms with Crippen LogP contribution in [0.4, 0.5) is 0 Å². The van der Waals surface area contributed by atoms with Gasteiger partial charge in [0, 0.05) is 6.61 Å². The summed E-state index contributed by atoms with van der Waals surface area (Å²) >= 11 is 0. The highest BCUT2D eigenvalue weighted by Crippen LogP contribution is 2.30. The number of esters is 1. The molecule has 0 fully saturated rings. The second-order valence-electron chi connectivity index (χ2n) is 4.60. The van der Waals surface area contributed by atoms with Crippen LogP contribution in [0.5, 0.6) is 11.5 Å². The normalized spacial score (nSPS) is 10.5.